The molecular formula is C21H18F3NO4S2. The molecule has 1 aliphatic heterocycles. The maximum absolute atomic E-state index is 13.2. The summed E-state index contributed by atoms with van der Waals surface area (Å²) in [6.07, 6.45) is -1.18. The number of carbonyl (C=O) groups is 2. The molecule has 0 saturated carbocycles. The van der Waals surface area contributed by atoms with Crippen LogP contribution in [0.2, 0.25) is 0 Å². The number of hydrogen-bond acceptors (Lipinski definition) is 5. The number of alkyl halides is 3. The highest BCUT2D eigenvalue weighted by atomic mass is 32.2. The minimum atomic E-state index is -4.52. The van der Waals surface area contributed by atoms with Crippen LogP contribution in [0.1, 0.15) is 37.0 Å². The molecule has 0 spiro atoms. The second-order valence-corrected chi connectivity index (χ2v) is 8.46. The number of amides is 1. The fourth-order valence-corrected chi connectivity index (χ4v) is 4.35. The van der Waals surface area contributed by atoms with Crippen molar-refractivity contribution < 1.29 is 32.3 Å². The van der Waals surface area contributed by atoms with Crippen molar-refractivity contribution in [2.75, 3.05) is 6.54 Å². The van der Waals surface area contributed by atoms with Crippen molar-refractivity contribution in [2.24, 2.45) is 0 Å². The normalized spacial score (nSPS) is 15.8. The molecule has 3 rings (SSSR count). The molecule has 1 aromatic carbocycles. The third-order valence-electron chi connectivity index (χ3n) is 4.54. The van der Waals surface area contributed by atoms with Crippen LogP contribution in [0.25, 0.3) is 17.4 Å². The first-order valence-corrected chi connectivity index (χ1v) is 10.6. The summed E-state index contributed by atoms with van der Waals surface area (Å²) >= 11 is 6.34. The quantitative estimate of drug-likeness (QED) is 0.299. The number of benzene rings is 1. The topological polar surface area (TPSA) is 70.8 Å². The Labute approximate surface area is 185 Å². The number of unbranched alkanes of at least 4 members (excludes halogenated alkanes) is 2. The lowest BCUT2D eigenvalue weighted by Crippen LogP contribution is -2.29. The van der Waals surface area contributed by atoms with Gasteiger partial charge in [-0.15, -0.1) is 0 Å². The summed E-state index contributed by atoms with van der Waals surface area (Å²) in [5.41, 5.74) is -0.881. The Hall–Kier alpha value is -2.59. The number of nitrogens with zero attached hydrogens (tertiary/aromatic N) is 1. The fraction of sp³-hybridized carbons (Fsp3) is 0.286. The van der Waals surface area contributed by atoms with Crippen molar-refractivity contribution in [3.05, 3.63) is 52.6 Å². The highest BCUT2D eigenvalue weighted by molar-refractivity contribution is 8.26. The number of rotatable bonds is 8. The number of halogens is 3. The van der Waals surface area contributed by atoms with Crippen molar-refractivity contribution in [3.8, 4) is 11.3 Å². The van der Waals surface area contributed by atoms with E-state index < -0.39 is 17.7 Å². The van der Waals surface area contributed by atoms with Gasteiger partial charge in [-0.25, -0.2) is 0 Å². The average Bonchev–Trinajstić information content (AvgIpc) is 3.26. The molecule has 1 aliphatic rings. The molecule has 31 heavy (non-hydrogen) atoms. The molecule has 10 heteroatoms. The van der Waals surface area contributed by atoms with Gasteiger partial charge in [-0.2, -0.15) is 13.2 Å². The van der Waals surface area contributed by atoms with Crippen molar-refractivity contribution >= 4 is 46.3 Å². The van der Waals surface area contributed by atoms with Crippen molar-refractivity contribution in [1.82, 2.24) is 4.90 Å². The van der Waals surface area contributed by atoms with E-state index in [4.69, 9.17) is 21.7 Å². The smallest absolute Gasteiger partial charge is 0.417 e. The lowest BCUT2D eigenvalue weighted by atomic mass is 10.1. The van der Waals surface area contributed by atoms with Gasteiger partial charge in [0.25, 0.3) is 5.91 Å². The first kappa shape index (κ1) is 23.1. The molecule has 2 heterocycles. The van der Waals surface area contributed by atoms with Crippen molar-refractivity contribution in [2.45, 2.75) is 31.9 Å². The predicted molar refractivity (Wildman–Crippen MR) is 115 cm³/mol. The van der Waals surface area contributed by atoms with E-state index in [1.165, 1.54) is 41.3 Å². The van der Waals surface area contributed by atoms with Gasteiger partial charge in [0.2, 0.25) is 0 Å². The van der Waals surface area contributed by atoms with Gasteiger partial charge in [0, 0.05) is 24.6 Å². The second-order valence-electron chi connectivity index (χ2n) is 6.78. The van der Waals surface area contributed by atoms with Gasteiger partial charge in [-0.05, 0) is 31.0 Å². The monoisotopic (exact) mass is 469 g/mol. The van der Waals surface area contributed by atoms with Crippen LogP contribution >= 0.6 is 24.0 Å². The summed E-state index contributed by atoms with van der Waals surface area (Å²) in [6, 6.07) is 8.05. The van der Waals surface area contributed by atoms with Crippen LogP contribution in [0, 0.1) is 0 Å². The molecule has 0 aliphatic carbocycles. The Kier molecular flexibility index (Phi) is 7.22. The summed E-state index contributed by atoms with van der Waals surface area (Å²) in [6.45, 7) is 0.379. The highest BCUT2D eigenvalue weighted by Crippen LogP contribution is 2.38. The van der Waals surface area contributed by atoms with Gasteiger partial charge >= 0.3 is 12.1 Å². The van der Waals surface area contributed by atoms with E-state index in [1.807, 2.05) is 0 Å². The third kappa shape index (κ3) is 5.76. The Morgan fingerprint density at radius 3 is 2.61 bits per heavy atom. The largest absolute Gasteiger partial charge is 0.481 e. The highest BCUT2D eigenvalue weighted by Gasteiger charge is 2.34. The molecule has 0 bridgehead atoms. The number of hydrogen-bond donors (Lipinski definition) is 1. The van der Waals surface area contributed by atoms with Gasteiger partial charge in [0.15, 0.2) is 0 Å². The van der Waals surface area contributed by atoms with E-state index in [9.17, 15) is 22.8 Å². The number of aliphatic carboxylic acids is 1. The van der Waals surface area contributed by atoms with E-state index in [0.717, 1.165) is 17.8 Å². The zero-order valence-electron chi connectivity index (χ0n) is 16.1. The number of thioether (sulfide) groups is 1. The fourth-order valence-electron chi connectivity index (χ4n) is 3.07. The third-order valence-corrected chi connectivity index (χ3v) is 5.92. The molecule has 1 aromatic heterocycles. The Balaban J connectivity index is 1.70. The molecule has 0 unspecified atom stereocenters. The maximum Gasteiger partial charge on any atom is 0.417 e. The first-order valence-electron chi connectivity index (χ1n) is 9.40. The van der Waals surface area contributed by atoms with Crippen molar-refractivity contribution in [1.29, 1.82) is 0 Å². The summed E-state index contributed by atoms with van der Waals surface area (Å²) in [4.78, 5) is 24.9. The van der Waals surface area contributed by atoms with Crippen LogP contribution < -0.4 is 0 Å². The lowest BCUT2D eigenvalue weighted by molar-refractivity contribution is -0.138. The Bertz CT molecular complexity index is 1030. The van der Waals surface area contributed by atoms with E-state index in [1.54, 1.807) is 0 Å². The molecule has 164 valence electrons. The zero-order valence-corrected chi connectivity index (χ0v) is 17.8. The summed E-state index contributed by atoms with van der Waals surface area (Å²) in [5.74, 6) is -0.867. The standard InChI is InChI=1S/C21H18F3NO4S2/c22-21(23,24)15-7-4-3-6-14(15)16-10-9-13(29-16)12-17-19(28)25(20(30)31-17)11-5-1-2-8-18(26)27/h3-4,6-7,9-10,12H,1-2,5,8,11H2,(H,26,27)/b17-12+. The Morgan fingerprint density at radius 1 is 1.16 bits per heavy atom. The number of thiocarbonyl (C=S) groups is 1. The van der Waals surface area contributed by atoms with E-state index >= 15 is 0 Å². The number of carbonyl (C=O) groups excluding carboxylic acids is 1. The Morgan fingerprint density at radius 2 is 1.90 bits per heavy atom. The molecule has 0 atom stereocenters. The van der Waals surface area contributed by atoms with Gasteiger partial charge < -0.3 is 9.52 Å². The molecule has 5 nitrogen and oxygen atoms in total. The SMILES string of the molecule is O=C(O)CCCCCN1C(=O)/C(=C\c2ccc(-c3ccccc3C(F)(F)F)o2)SC1=S. The van der Waals surface area contributed by atoms with E-state index in [2.05, 4.69) is 0 Å². The number of carboxylic acids is 1. The molecule has 1 fully saturated rings. The first-order chi connectivity index (χ1) is 14.7. The maximum atomic E-state index is 13.2. The minimum absolute atomic E-state index is 0.0492. The van der Waals surface area contributed by atoms with E-state index in [-0.39, 0.29) is 29.4 Å². The summed E-state index contributed by atoms with van der Waals surface area (Å²) < 4.78 is 45.7. The molecule has 1 N–H and O–H groups in total. The van der Waals surface area contributed by atoms with E-state index in [0.29, 0.717) is 35.0 Å². The van der Waals surface area contributed by atoms with Gasteiger partial charge in [-0.3, -0.25) is 14.5 Å². The molecule has 0 radical (unpaired) electrons. The summed E-state index contributed by atoms with van der Waals surface area (Å²) in [7, 11) is 0. The van der Waals surface area contributed by atoms with Crippen LogP contribution in [-0.4, -0.2) is 32.7 Å². The summed E-state index contributed by atoms with van der Waals surface area (Å²) in [5, 5.41) is 8.65. The number of furan rings is 1. The van der Waals surface area contributed by atoms with Crippen molar-refractivity contribution in [3.63, 3.8) is 0 Å². The van der Waals surface area contributed by atoms with Gasteiger partial charge in [-0.1, -0.05) is 48.6 Å². The van der Waals surface area contributed by atoms with Gasteiger partial charge in [0.1, 0.15) is 15.8 Å². The molecular weight excluding hydrogens is 451 g/mol. The van der Waals surface area contributed by atoms with Crippen LogP contribution in [0.5, 0.6) is 0 Å². The van der Waals surface area contributed by atoms with Gasteiger partial charge in [0.05, 0.1) is 10.5 Å². The average molecular weight is 470 g/mol. The van der Waals surface area contributed by atoms with Crippen LogP contribution in [0.15, 0.2) is 45.7 Å². The second kappa shape index (κ2) is 9.69. The molecule has 1 amide bonds. The minimum Gasteiger partial charge on any atom is -0.481 e. The predicted octanol–water partition coefficient (Wildman–Crippen LogP) is 5.81. The zero-order chi connectivity index (χ0) is 22.6. The number of carboxylic acid groups (broad SMARTS) is 1. The molecule has 2 aromatic rings. The van der Waals surface area contributed by atoms with Crippen LogP contribution in [0.3, 0.4) is 0 Å². The van der Waals surface area contributed by atoms with Crippen LogP contribution in [-0.2, 0) is 15.8 Å². The lowest BCUT2D eigenvalue weighted by Gasteiger charge is -2.13. The molecule has 1 saturated heterocycles. The van der Waals surface area contributed by atoms with Crippen LogP contribution in [0.4, 0.5) is 13.2 Å².